The van der Waals surface area contributed by atoms with Crippen LogP contribution in [0, 0.1) is 0 Å². The summed E-state index contributed by atoms with van der Waals surface area (Å²) in [4.78, 5) is 5.22. The van der Waals surface area contributed by atoms with Gasteiger partial charge < -0.3 is 9.47 Å². The number of hydrogen-bond donors (Lipinski definition) is 0. The first kappa shape index (κ1) is 16.2. The van der Waals surface area contributed by atoms with Crippen molar-refractivity contribution in [2.24, 2.45) is 0 Å². The van der Waals surface area contributed by atoms with Gasteiger partial charge in [-0.05, 0) is 32.6 Å². The quantitative estimate of drug-likeness (QED) is 0.668. The van der Waals surface area contributed by atoms with Gasteiger partial charge in [0.05, 0.1) is 12.7 Å². The molecule has 0 aliphatic carbocycles. The lowest BCUT2D eigenvalue weighted by Gasteiger charge is -2.42. The second kappa shape index (κ2) is 8.98. The van der Waals surface area contributed by atoms with Crippen LogP contribution in [0.5, 0.6) is 0 Å². The van der Waals surface area contributed by atoms with Crippen LogP contribution in [0.25, 0.3) is 0 Å². The highest BCUT2D eigenvalue weighted by molar-refractivity contribution is 4.83. The molecule has 4 nitrogen and oxygen atoms in total. The van der Waals surface area contributed by atoms with E-state index >= 15 is 0 Å². The molecule has 0 spiro atoms. The van der Waals surface area contributed by atoms with Crippen LogP contribution in [0.2, 0.25) is 0 Å². The Hall–Kier alpha value is -0.160. The molecule has 0 saturated carbocycles. The Morgan fingerprint density at radius 2 is 2.10 bits per heavy atom. The maximum absolute atomic E-state index is 5.88. The Labute approximate surface area is 124 Å². The summed E-state index contributed by atoms with van der Waals surface area (Å²) < 4.78 is 11.4. The number of piperazine rings is 1. The fourth-order valence-electron chi connectivity index (χ4n) is 3.37. The number of nitrogens with zero attached hydrogens (tertiary/aromatic N) is 2. The third-order valence-corrected chi connectivity index (χ3v) is 4.62. The van der Waals surface area contributed by atoms with E-state index in [1.807, 2.05) is 0 Å². The molecule has 2 fully saturated rings. The fraction of sp³-hybridized carbons (Fsp3) is 1.00. The van der Waals surface area contributed by atoms with Crippen LogP contribution in [0.3, 0.4) is 0 Å². The normalized spacial score (nSPS) is 29.7. The summed E-state index contributed by atoms with van der Waals surface area (Å²) in [7, 11) is 0. The van der Waals surface area contributed by atoms with Crippen molar-refractivity contribution in [3.8, 4) is 0 Å². The Kier molecular flexibility index (Phi) is 7.28. The van der Waals surface area contributed by atoms with Crippen molar-refractivity contribution in [3.63, 3.8) is 0 Å². The first-order valence-corrected chi connectivity index (χ1v) is 8.49. The van der Waals surface area contributed by atoms with Crippen molar-refractivity contribution >= 4 is 0 Å². The van der Waals surface area contributed by atoms with Crippen molar-refractivity contribution in [2.45, 2.75) is 51.7 Å². The van der Waals surface area contributed by atoms with Crippen molar-refractivity contribution in [3.05, 3.63) is 0 Å². The van der Waals surface area contributed by atoms with Gasteiger partial charge in [-0.15, -0.1) is 0 Å². The van der Waals surface area contributed by atoms with Crippen LogP contribution in [0.4, 0.5) is 0 Å². The van der Waals surface area contributed by atoms with Gasteiger partial charge in [0, 0.05) is 52.0 Å². The molecule has 0 radical (unpaired) electrons. The van der Waals surface area contributed by atoms with E-state index in [-0.39, 0.29) is 0 Å². The molecular formula is C16H32N2O2. The maximum atomic E-state index is 5.88. The van der Waals surface area contributed by atoms with Crippen LogP contribution in [-0.4, -0.2) is 74.5 Å². The van der Waals surface area contributed by atoms with Crippen LogP contribution in [0.1, 0.15) is 39.5 Å². The average Bonchev–Trinajstić information content (AvgIpc) is 2.50. The van der Waals surface area contributed by atoms with Gasteiger partial charge in [0.15, 0.2) is 0 Å². The summed E-state index contributed by atoms with van der Waals surface area (Å²) in [5, 5.41) is 0. The Bertz CT molecular complexity index is 257. The van der Waals surface area contributed by atoms with Gasteiger partial charge in [-0.1, -0.05) is 6.92 Å². The maximum Gasteiger partial charge on any atom is 0.0702 e. The average molecular weight is 284 g/mol. The van der Waals surface area contributed by atoms with E-state index in [1.54, 1.807) is 0 Å². The number of ether oxygens (including phenoxy) is 2. The van der Waals surface area contributed by atoms with Crippen LogP contribution >= 0.6 is 0 Å². The Morgan fingerprint density at radius 1 is 1.20 bits per heavy atom. The van der Waals surface area contributed by atoms with E-state index in [0.717, 1.165) is 32.9 Å². The van der Waals surface area contributed by atoms with Gasteiger partial charge in [0.2, 0.25) is 0 Å². The van der Waals surface area contributed by atoms with Crippen molar-refractivity contribution in [1.29, 1.82) is 0 Å². The Morgan fingerprint density at radius 3 is 2.80 bits per heavy atom. The summed E-state index contributed by atoms with van der Waals surface area (Å²) in [6, 6.07) is 0.688. The number of hydrogen-bond acceptors (Lipinski definition) is 4. The summed E-state index contributed by atoms with van der Waals surface area (Å²) >= 11 is 0. The second-order valence-electron chi connectivity index (χ2n) is 6.04. The first-order chi connectivity index (χ1) is 9.83. The van der Waals surface area contributed by atoms with Crippen molar-refractivity contribution in [2.75, 3.05) is 52.5 Å². The minimum absolute atomic E-state index is 0.483. The monoisotopic (exact) mass is 284 g/mol. The first-order valence-electron chi connectivity index (χ1n) is 8.49. The van der Waals surface area contributed by atoms with Crippen LogP contribution in [-0.2, 0) is 9.47 Å². The third-order valence-electron chi connectivity index (χ3n) is 4.62. The molecule has 2 aliphatic heterocycles. The van der Waals surface area contributed by atoms with Gasteiger partial charge in [0.1, 0.15) is 0 Å². The van der Waals surface area contributed by atoms with Crippen LogP contribution in [0.15, 0.2) is 0 Å². The van der Waals surface area contributed by atoms with E-state index in [0.29, 0.717) is 12.1 Å². The lowest BCUT2D eigenvalue weighted by molar-refractivity contribution is -0.0260. The van der Waals surface area contributed by atoms with Gasteiger partial charge in [0.25, 0.3) is 0 Å². The minimum atomic E-state index is 0.483. The smallest absolute Gasteiger partial charge is 0.0702 e. The fourth-order valence-corrected chi connectivity index (χ4v) is 3.37. The topological polar surface area (TPSA) is 24.9 Å². The largest absolute Gasteiger partial charge is 0.380 e. The summed E-state index contributed by atoms with van der Waals surface area (Å²) in [5.41, 5.74) is 0. The van der Waals surface area contributed by atoms with Crippen molar-refractivity contribution < 1.29 is 9.47 Å². The van der Waals surface area contributed by atoms with Gasteiger partial charge >= 0.3 is 0 Å². The predicted octanol–water partition coefficient (Wildman–Crippen LogP) is 1.99. The predicted molar refractivity (Wildman–Crippen MR) is 82.2 cm³/mol. The highest BCUT2D eigenvalue weighted by atomic mass is 16.5. The molecule has 0 aromatic carbocycles. The van der Waals surface area contributed by atoms with E-state index in [9.17, 15) is 0 Å². The molecule has 2 rings (SSSR count). The zero-order chi connectivity index (χ0) is 14.2. The third kappa shape index (κ3) is 4.99. The lowest BCUT2D eigenvalue weighted by Crippen LogP contribution is -2.55. The second-order valence-corrected chi connectivity index (χ2v) is 6.04. The van der Waals surface area contributed by atoms with E-state index in [2.05, 4.69) is 23.6 Å². The molecule has 2 heterocycles. The molecule has 0 unspecified atom stereocenters. The minimum Gasteiger partial charge on any atom is -0.380 e. The van der Waals surface area contributed by atoms with Gasteiger partial charge in [-0.2, -0.15) is 0 Å². The molecule has 0 amide bonds. The highest BCUT2D eigenvalue weighted by Gasteiger charge is 2.27. The molecule has 0 bridgehead atoms. The molecule has 2 aliphatic rings. The van der Waals surface area contributed by atoms with E-state index < -0.39 is 0 Å². The highest BCUT2D eigenvalue weighted by Crippen LogP contribution is 2.17. The standard InChI is InChI=1S/C16H32N2O2/c1-3-15-13-17(14-16-7-5-6-11-20-16)8-9-18(15)10-12-19-4-2/h15-16H,3-14H2,1-2H3/t15-,16+/m1/s1. The van der Waals surface area contributed by atoms with Crippen LogP contribution < -0.4 is 0 Å². The molecule has 2 atom stereocenters. The molecule has 4 heteroatoms. The summed E-state index contributed by atoms with van der Waals surface area (Å²) in [6.45, 7) is 12.8. The van der Waals surface area contributed by atoms with E-state index in [1.165, 1.54) is 45.3 Å². The molecule has 20 heavy (non-hydrogen) atoms. The van der Waals surface area contributed by atoms with Gasteiger partial charge in [-0.25, -0.2) is 0 Å². The molecule has 118 valence electrons. The zero-order valence-corrected chi connectivity index (χ0v) is 13.4. The summed E-state index contributed by atoms with van der Waals surface area (Å²) in [5.74, 6) is 0. The van der Waals surface area contributed by atoms with Gasteiger partial charge in [-0.3, -0.25) is 9.80 Å². The molecule has 0 aromatic rings. The van der Waals surface area contributed by atoms with E-state index in [4.69, 9.17) is 9.47 Å². The summed E-state index contributed by atoms with van der Waals surface area (Å²) in [6.07, 6.45) is 5.56. The molecule has 0 N–H and O–H groups in total. The molecule has 2 saturated heterocycles. The molecule has 0 aromatic heterocycles. The Balaban J connectivity index is 1.72. The number of rotatable bonds is 7. The molecular weight excluding hydrogens is 252 g/mol. The van der Waals surface area contributed by atoms with Crippen molar-refractivity contribution in [1.82, 2.24) is 9.80 Å². The SMILES string of the molecule is CCOCCN1CCN(C[C@@H]2CCCCO2)C[C@H]1CC. The zero-order valence-electron chi connectivity index (χ0n) is 13.4. The lowest BCUT2D eigenvalue weighted by atomic mass is 10.1.